The Bertz CT molecular complexity index is 991. The van der Waals surface area contributed by atoms with E-state index in [0.29, 0.717) is 36.6 Å². The zero-order valence-corrected chi connectivity index (χ0v) is 18.6. The molecule has 3 rings (SSSR count). The van der Waals surface area contributed by atoms with Gasteiger partial charge in [0.05, 0.1) is 19.4 Å². The lowest BCUT2D eigenvalue weighted by molar-refractivity contribution is -0.133. The van der Waals surface area contributed by atoms with Crippen LogP contribution < -0.4 is 14.8 Å². The molecule has 32 heavy (non-hydrogen) atoms. The van der Waals surface area contributed by atoms with Crippen LogP contribution in [0.15, 0.2) is 47.6 Å². The van der Waals surface area contributed by atoms with E-state index in [4.69, 9.17) is 9.47 Å². The summed E-state index contributed by atoms with van der Waals surface area (Å²) in [5.74, 6) is 0.593. The molecule has 170 valence electrons. The molecule has 0 radical (unpaired) electrons. The molecule has 7 nitrogen and oxygen atoms in total. The largest absolute Gasteiger partial charge is 0.493 e. The molecule has 1 atom stereocenters. The Labute approximate surface area is 187 Å². The van der Waals surface area contributed by atoms with Gasteiger partial charge in [-0.1, -0.05) is 26.0 Å². The fourth-order valence-electron chi connectivity index (χ4n) is 3.56. The number of amides is 2. The third-order valence-electron chi connectivity index (χ3n) is 5.38. The monoisotopic (exact) mass is 441 g/mol. The van der Waals surface area contributed by atoms with Crippen LogP contribution in [0.5, 0.6) is 11.5 Å². The highest BCUT2D eigenvalue weighted by Gasteiger charge is 2.29. The molecule has 2 aromatic carbocycles. The summed E-state index contributed by atoms with van der Waals surface area (Å²) in [7, 11) is 1.49. The van der Waals surface area contributed by atoms with Gasteiger partial charge in [-0.05, 0) is 42.3 Å². The van der Waals surface area contributed by atoms with Crippen LogP contribution in [0.4, 0.5) is 10.1 Å². The molecular formula is C24H28FN3O4. The van der Waals surface area contributed by atoms with Crippen molar-refractivity contribution < 1.29 is 23.5 Å². The molecule has 8 heteroatoms. The highest BCUT2D eigenvalue weighted by atomic mass is 19.1. The molecule has 1 aliphatic heterocycles. The molecule has 2 aromatic rings. The van der Waals surface area contributed by atoms with Crippen LogP contribution in [-0.2, 0) is 16.1 Å². The van der Waals surface area contributed by atoms with Crippen molar-refractivity contribution in [2.45, 2.75) is 39.7 Å². The number of rotatable bonds is 9. The minimum atomic E-state index is -0.947. The number of nitrogens with zero attached hydrogens (tertiary/aromatic N) is 2. The summed E-state index contributed by atoms with van der Waals surface area (Å²) in [4.78, 5) is 24.3. The van der Waals surface area contributed by atoms with Crippen molar-refractivity contribution >= 4 is 23.2 Å². The molecule has 0 saturated heterocycles. The first kappa shape index (κ1) is 23.2. The fraction of sp³-hybridized carbons (Fsp3) is 0.375. The summed E-state index contributed by atoms with van der Waals surface area (Å²) in [6.07, 6.45) is 1.52. The normalized spacial score (nSPS) is 15.9. The first-order valence-electron chi connectivity index (χ1n) is 10.6. The quantitative estimate of drug-likeness (QED) is 0.621. The number of carbonyl (C=O) groups excluding carboxylic acids is 2. The van der Waals surface area contributed by atoms with Crippen LogP contribution in [-0.4, -0.2) is 36.5 Å². The molecular weight excluding hydrogens is 413 g/mol. The molecule has 1 aliphatic rings. The predicted molar refractivity (Wildman–Crippen MR) is 120 cm³/mol. The summed E-state index contributed by atoms with van der Waals surface area (Å²) in [6.45, 7) is 3.19. The van der Waals surface area contributed by atoms with Crippen LogP contribution >= 0.6 is 0 Å². The van der Waals surface area contributed by atoms with E-state index in [-0.39, 0.29) is 17.7 Å². The van der Waals surface area contributed by atoms with E-state index in [9.17, 15) is 14.0 Å². The van der Waals surface area contributed by atoms with Crippen molar-refractivity contribution in [2.75, 3.05) is 19.3 Å². The number of halogens is 1. The Morgan fingerprint density at radius 3 is 2.56 bits per heavy atom. The van der Waals surface area contributed by atoms with Gasteiger partial charge >= 0.3 is 0 Å². The number of carbonyl (C=O) groups is 2. The lowest BCUT2D eigenvalue weighted by atomic mass is 9.89. The van der Waals surface area contributed by atoms with Crippen molar-refractivity contribution in [3.63, 3.8) is 0 Å². The van der Waals surface area contributed by atoms with Crippen LogP contribution in [0.3, 0.4) is 0 Å². The van der Waals surface area contributed by atoms with E-state index in [1.807, 2.05) is 31.2 Å². The standard InChI is InChI=1S/C24H28FN3O4/c1-4-17-13-23(30)28(14-16-6-9-19(10-7-16)26-22(29)5-2)27-24(17)18-8-11-20(32-15-25)21(12-18)31-3/h6-12,17H,4-5,13-15H2,1-3H3,(H,26,29). The summed E-state index contributed by atoms with van der Waals surface area (Å²) < 4.78 is 22.9. The molecule has 0 aromatic heterocycles. The van der Waals surface area contributed by atoms with Crippen molar-refractivity contribution in [1.29, 1.82) is 0 Å². The first-order chi connectivity index (χ1) is 15.5. The van der Waals surface area contributed by atoms with E-state index >= 15 is 0 Å². The maximum Gasteiger partial charge on any atom is 0.243 e. The highest BCUT2D eigenvalue weighted by molar-refractivity contribution is 6.06. The van der Waals surface area contributed by atoms with Crippen molar-refractivity contribution in [3.05, 3.63) is 53.6 Å². The zero-order chi connectivity index (χ0) is 23.1. The third kappa shape index (κ3) is 5.43. The van der Waals surface area contributed by atoms with Crippen LogP contribution in [0, 0.1) is 5.92 Å². The van der Waals surface area contributed by atoms with Gasteiger partial charge in [0, 0.05) is 30.0 Å². The Morgan fingerprint density at radius 1 is 1.19 bits per heavy atom. The summed E-state index contributed by atoms with van der Waals surface area (Å²) in [5, 5.41) is 8.95. The van der Waals surface area contributed by atoms with Gasteiger partial charge in [0.2, 0.25) is 18.7 Å². The Balaban J connectivity index is 1.85. The van der Waals surface area contributed by atoms with Gasteiger partial charge in [-0.3, -0.25) is 9.59 Å². The molecule has 2 amide bonds. The van der Waals surface area contributed by atoms with Crippen LogP contribution in [0.2, 0.25) is 0 Å². The van der Waals surface area contributed by atoms with Crippen molar-refractivity contribution in [1.82, 2.24) is 5.01 Å². The Hall–Kier alpha value is -3.42. The van der Waals surface area contributed by atoms with E-state index < -0.39 is 6.86 Å². The Morgan fingerprint density at radius 2 is 1.94 bits per heavy atom. The van der Waals surface area contributed by atoms with Gasteiger partial charge in [-0.25, -0.2) is 9.40 Å². The van der Waals surface area contributed by atoms with Gasteiger partial charge in [0.1, 0.15) is 0 Å². The highest BCUT2D eigenvalue weighted by Crippen LogP contribution is 2.32. The van der Waals surface area contributed by atoms with E-state index in [1.54, 1.807) is 25.1 Å². The summed E-state index contributed by atoms with van der Waals surface area (Å²) >= 11 is 0. The van der Waals surface area contributed by atoms with E-state index in [0.717, 1.165) is 23.3 Å². The first-order valence-corrected chi connectivity index (χ1v) is 10.6. The molecule has 0 bridgehead atoms. The van der Waals surface area contributed by atoms with Gasteiger partial charge < -0.3 is 14.8 Å². The second kappa shape index (κ2) is 10.7. The van der Waals surface area contributed by atoms with Gasteiger partial charge in [-0.15, -0.1) is 0 Å². The molecule has 0 aliphatic carbocycles. The lowest BCUT2D eigenvalue weighted by Crippen LogP contribution is -2.36. The second-order valence-corrected chi connectivity index (χ2v) is 7.46. The SMILES string of the molecule is CCC(=O)Nc1ccc(CN2N=C(c3ccc(OCF)c(OC)c3)C(CC)CC2=O)cc1. The number of anilines is 1. The van der Waals surface area contributed by atoms with Gasteiger partial charge in [0.15, 0.2) is 11.5 Å². The number of hydrogen-bond acceptors (Lipinski definition) is 5. The number of alkyl halides is 1. The third-order valence-corrected chi connectivity index (χ3v) is 5.38. The fourth-order valence-corrected chi connectivity index (χ4v) is 3.56. The number of ether oxygens (including phenoxy) is 2. The molecule has 1 unspecified atom stereocenters. The average Bonchev–Trinajstić information content (AvgIpc) is 2.81. The van der Waals surface area contributed by atoms with Gasteiger partial charge in [-0.2, -0.15) is 5.10 Å². The minimum absolute atomic E-state index is 0.0250. The molecule has 0 fully saturated rings. The van der Waals surface area contributed by atoms with Crippen molar-refractivity contribution in [3.8, 4) is 11.5 Å². The Kier molecular flexibility index (Phi) is 7.81. The average molecular weight is 442 g/mol. The topological polar surface area (TPSA) is 80.2 Å². The van der Waals surface area contributed by atoms with E-state index in [2.05, 4.69) is 10.4 Å². The minimum Gasteiger partial charge on any atom is -0.493 e. The van der Waals surface area contributed by atoms with Crippen LogP contribution in [0.1, 0.15) is 44.2 Å². The summed E-state index contributed by atoms with van der Waals surface area (Å²) in [6, 6.07) is 12.6. The van der Waals surface area contributed by atoms with Crippen LogP contribution in [0.25, 0.3) is 0 Å². The zero-order valence-electron chi connectivity index (χ0n) is 18.6. The number of methoxy groups -OCH3 is 1. The number of hydrogen-bond donors (Lipinski definition) is 1. The maximum atomic E-state index is 12.7. The molecule has 0 spiro atoms. The maximum absolute atomic E-state index is 12.7. The van der Waals surface area contributed by atoms with E-state index in [1.165, 1.54) is 12.1 Å². The number of nitrogens with one attached hydrogen (secondary N) is 1. The predicted octanol–water partition coefficient (Wildman–Crippen LogP) is 4.51. The smallest absolute Gasteiger partial charge is 0.243 e. The lowest BCUT2D eigenvalue weighted by Gasteiger charge is -2.29. The summed E-state index contributed by atoms with van der Waals surface area (Å²) in [5.41, 5.74) is 3.19. The molecule has 1 N–H and O–H groups in total. The second-order valence-electron chi connectivity index (χ2n) is 7.46. The van der Waals surface area contributed by atoms with Crippen molar-refractivity contribution in [2.24, 2.45) is 11.0 Å². The molecule has 1 heterocycles. The van der Waals surface area contributed by atoms with Gasteiger partial charge in [0.25, 0.3) is 0 Å². The molecule has 0 saturated carbocycles. The number of hydrazone groups is 1. The number of benzene rings is 2.